The van der Waals surface area contributed by atoms with Crippen LogP contribution >= 0.6 is 0 Å². The minimum absolute atomic E-state index is 0.0166. The first-order valence-corrected chi connectivity index (χ1v) is 13.4. The Bertz CT molecular complexity index is 933. The number of Topliss-reactive ketones (excluding diaryl/α,β-unsaturated/α-hetero) is 1. The molecule has 9 heteroatoms. The molecule has 0 aliphatic heterocycles. The van der Waals surface area contributed by atoms with E-state index < -0.39 is 17.6 Å². The quantitative estimate of drug-likeness (QED) is 0.356. The van der Waals surface area contributed by atoms with E-state index in [0.29, 0.717) is 6.42 Å². The van der Waals surface area contributed by atoms with Crippen molar-refractivity contribution in [2.24, 2.45) is 39.7 Å². The SMILES string of the molecule is CC12CC(O)C3(C)C(CCC4=CC(=O)C=CC43C)C1CCC2C(=O)COC(=O)NCCOCCO.CN. The molecule has 0 radical (unpaired) electrons. The van der Waals surface area contributed by atoms with Crippen molar-refractivity contribution in [2.75, 3.05) is 40.0 Å². The van der Waals surface area contributed by atoms with Crippen molar-refractivity contribution >= 4 is 17.7 Å². The fraction of sp³-hybridized carbons (Fsp3) is 0.750. The lowest BCUT2D eigenvalue weighted by atomic mass is 9.40. The number of amides is 1. The number of aliphatic hydroxyl groups is 2. The van der Waals surface area contributed by atoms with Gasteiger partial charge in [-0.1, -0.05) is 32.4 Å². The number of alkyl carbamates (subject to hydrolysis) is 1. The van der Waals surface area contributed by atoms with Crippen molar-refractivity contribution in [2.45, 2.75) is 59.0 Å². The molecule has 0 bridgehead atoms. The van der Waals surface area contributed by atoms with Gasteiger partial charge in [-0.25, -0.2) is 4.79 Å². The Labute approximate surface area is 219 Å². The molecule has 0 aromatic rings. The first-order chi connectivity index (χ1) is 17.6. The van der Waals surface area contributed by atoms with Gasteiger partial charge in [-0.2, -0.15) is 0 Å². The van der Waals surface area contributed by atoms with Gasteiger partial charge in [0.1, 0.15) is 0 Å². The van der Waals surface area contributed by atoms with Crippen LogP contribution in [0.5, 0.6) is 0 Å². The number of nitrogens with two attached hydrogens (primary N) is 1. The zero-order valence-electron chi connectivity index (χ0n) is 22.6. The minimum atomic E-state index is -0.667. The molecule has 4 rings (SSSR count). The first-order valence-electron chi connectivity index (χ1n) is 13.4. The highest BCUT2D eigenvalue weighted by Gasteiger charge is 2.67. The van der Waals surface area contributed by atoms with Crippen LogP contribution in [0.4, 0.5) is 4.79 Å². The predicted molar refractivity (Wildman–Crippen MR) is 138 cm³/mol. The molecule has 7 unspecified atom stereocenters. The molecule has 3 fully saturated rings. The van der Waals surface area contributed by atoms with Gasteiger partial charge in [-0.05, 0) is 68.6 Å². The monoisotopic (exact) mass is 520 g/mol. The summed E-state index contributed by atoms with van der Waals surface area (Å²) in [4.78, 5) is 37.2. The van der Waals surface area contributed by atoms with Gasteiger partial charge in [0.25, 0.3) is 0 Å². The van der Waals surface area contributed by atoms with Gasteiger partial charge in [0.15, 0.2) is 18.2 Å². The normalized spacial score (nSPS) is 37.8. The second kappa shape index (κ2) is 11.8. The van der Waals surface area contributed by atoms with Crippen molar-refractivity contribution in [1.82, 2.24) is 5.32 Å². The Balaban J connectivity index is 0.00000186. The second-order valence-electron chi connectivity index (χ2n) is 11.3. The van der Waals surface area contributed by atoms with Crippen LogP contribution in [0.15, 0.2) is 23.8 Å². The van der Waals surface area contributed by atoms with E-state index >= 15 is 0 Å². The fourth-order valence-electron chi connectivity index (χ4n) is 7.85. The maximum absolute atomic E-state index is 13.2. The minimum Gasteiger partial charge on any atom is -0.442 e. The van der Waals surface area contributed by atoms with Crippen LogP contribution < -0.4 is 11.1 Å². The van der Waals surface area contributed by atoms with Crippen LogP contribution in [-0.4, -0.2) is 74.0 Å². The van der Waals surface area contributed by atoms with Gasteiger partial charge in [0.05, 0.1) is 25.9 Å². The average Bonchev–Trinajstić information content (AvgIpc) is 3.21. The summed E-state index contributed by atoms with van der Waals surface area (Å²) in [5.74, 6) is 0.177. The van der Waals surface area contributed by atoms with Gasteiger partial charge >= 0.3 is 6.09 Å². The summed E-state index contributed by atoms with van der Waals surface area (Å²) in [5.41, 5.74) is 4.46. The molecule has 9 nitrogen and oxygen atoms in total. The van der Waals surface area contributed by atoms with Gasteiger partial charge in [0.2, 0.25) is 0 Å². The topological polar surface area (TPSA) is 148 Å². The highest BCUT2D eigenvalue weighted by atomic mass is 16.6. The summed E-state index contributed by atoms with van der Waals surface area (Å²) in [6.07, 6.45) is 7.99. The Morgan fingerprint density at radius 1 is 1.14 bits per heavy atom. The van der Waals surface area contributed by atoms with E-state index in [2.05, 4.69) is 31.8 Å². The fourth-order valence-corrected chi connectivity index (χ4v) is 7.85. The molecule has 0 aromatic heterocycles. The number of fused-ring (bicyclic) bond motifs is 5. The number of hydrogen-bond acceptors (Lipinski definition) is 8. The van der Waals surface area contributed by atoms with Crippen molar-refractivity contribution in [3.63, 3.8) is 0 Å². The molecular weight excluding hydrogens is 476 g/mol. The van der Waals surface area contributed by atoms with Crippen LogP contribution in [0.1, 0.15) is 52.9 Å². The lowest BCUT2D eigenvalue weighted by Crippen LogP contribution is -2.63. The third-order valence-electron chi connectivity index (χ3n) is 9.88. The summed E-state index contributed by atoms with van der Waals surface area (Å²) in [6.45, 7) is 6.77. The average molecular weight is 521 g/mol. The molecule has 3 saturated carbocycles. The van der Waals surface area contributed by atoms with Crippen molar-refractivity contribution in [3.05, 3.63) is 23.8 Å². The van der Waals surface area contributed by atoms with Crippen LogP contribution in [0.25, 0.3) is 0 Å². The van der Waals surface area contributed by atoms with E-state index in [4.69, 9.17) is 14.6 Å². The summed E-state index contributed by atoms with van der Waals surface area (Å²) in [5, 5.41) is 22.9. The van der Waals surface area contributed by atoms with E-state index in [9.17, 15) is 19.5 Å². The van der Waals surface area contributed by atoms with E-state index in [0.717, 1.165) is 31.3 Å². The Hall–Kier alpha value is -2.07. The smallest absolute Gasteiger partial charge is 0.407 e. The molecular formula is C28H44N2O7. The van der Waals surface area contributed by atoms with E-state index in [1.54, 1.807) is 12.2 Å². The van der Waals surface area contributed by atoms with Crippen molar-refractivity contribution in [1.29, 1.82) is 0 Å². The number of carbonyl (C=O) groups is 3. The second-order valence-corrected chi connectivity index (χ2v) is 11.3. The molecule has 0 saturated heterocycles. The van der Waals surface area contributed by atoms with Crippen LogP contribution in [0.2, 0.25) is 0 Å². The number of nitrogens with one attached hydrogen (secondary N) is 1. The molecule has 4 aliphatic rings. The van der Waals surface area contributed by atoms with Crippen molar-refractivity contribution in [3.8, 4) is 0 Å². The van der Waals surface area contributed by atoms with Crippen LogP contribution in [-0.2, 0) is 19.1 Å². The number of aliphatic hydroxyl groups excluding tert-OH is 2. The first kappa shape index (κ1) is 29.5. The Morgan fingerprint density at radius 3 is 2.57 bits per heavy atom. The maximum Gasteiger partial charge on any atom is 0.407 e. The van der Waals surface area contributed by atoms with Gasteiger partial charge in [-0.3, -0.25) is 9.59 Å². The Kier molecular flexibility index (Phi) is 9.37. The number of hydrogen-bond donors (Lipinski definition) is 4. The number of allylic oxidation sites excluding steroid dienone is 4. The van der Waals surface area contributed by atoms with Gasteiger partial charge in [-0.15, -0.1) is 0 Å². The largest absolute Gasteiger partial charge is 0.442 e. The molecule has 0 aromatic carbocycles. The summed E-state index contributed by atoms with van der Waals surface area (Å²) >= 11 is 0. The number of ether oxygens (including phenoxy) is 2. The number of ketones is 2. The lowest BCUT2D eigenvalue weighted by Gasteiger charge is -2.65. The predicted octanol–water partition coefficient (Wildman–Crippen LogP) is 2.15. The van der Waals surface area contributed by atoms with Crippen molar-refractivity contribution < 1.29 is 34.1 Å². The van der Waals surface area contributed by atoms with Crippen LogP contribution in [0.3, 0.4) is 0 Å². The molecule has 1 amide bonds. The van der Waals surface area contributed by atoms with E-state index in [1.165, 1.54) is 7.05 Å². The molecule has 4 aliphatic carbocycles. The Morgan fingerprint density at radius 2 is 1.86 bits per heavy atom. The number of carbonyl (C=O) groups excluding carboxylic acids is 3. The standard InChI is InChI=1S/C27H39NO7.CH5N/c1-25-15-23(32)27(3)20(5-4-17-14-18(30)8-9-26(17,27)2)19(25)6-7-21(25)22(31)16-35-24(33)28-10-12-34-13-11-29;1-2/h8-9,14,19-21,23,29,32H,4-7,10-13,15-16H2,1-3H3,(H,28,33);2H2,1H3. The third-order valence-corrected chi connectivity index (χ3v) is 9.88. The van der Waals surface area contributed by atoms with E-state index in [1.807, 2.05) is 6.08 Å². The van der Waals surface area contributed by atoms with Crippen LogP contribution in [0, 0.1) is 34.0 Å². The number of rotatable bonds is 8. The lowest BCUT2D eigenvalue weighted by molar-refractivity contribution is -0.178. The molecule has 208 valence electrons. The molecule has 5 N–H and O–H groups in total. The third kappa shape index (κ3) is 5.15. The zero-order valence-corrected chi connectivity index (χ0v) is 22.6. The molecule has 0 spiro atoms. The molecule has 0 heterocycles. The van der Waals surface area contributed by atoms with Gasteiger partial charge in [0, 0.05) is 23.3 Å². The summed E-state index contributed by atoms with van der Waals surface area (Å²) in [6, 6.07) is 0. The summed E-state index contributed by atoms with van der Waals surface area (Å²) < 4.78 is 10.3. The van der Waals surface area contributed by atoms with Gasteiger partial charge < -0.3 is 30.7 Å². The molecule has 7 atom stereocenters. The zero-order chi connectivity index (χ0) is 27.4. The summed E-state index contributed by atoms with van der Waals surface area (Å²) in [7, 11) is 1.50. The molecule has 37 heavy (non-hydrogen) atoms. The highest BCUT2D eigenvalue weighted by Crippen LogP contribution is 2.71. The maximum atomic E-state index is 13.2. The van der Waals surface area contributed by atoms with E-state index in [-0.39, 0.29) is 73.1 Å². The highest BCUT2D eigenvalue weighted by molar-refractivity contribution is 6.01.